The molecule has 24 heavy (non-hydrogen) atoms. The molecule has 0 saturated carbocycles. The van der Waals surface area contributed by atoms with Crippen molar-refractivity contribution in [3.05, 3.63) is 94.2 Å². The Bertz CT molecular complexity index is 842. The van der Waals surface area contributed by atoms with Crippen LogP contribution in [-0.2, 0) is 6.54 Å². The number of rotatable bonds is 6. The van der Waals surface area contributed by atoms with Crippen LogP contribution in [0.2, 0.25) is 0 Å². The number of benzene rings is 1. The minimum atomic E-state index is -0.240. The third-order valence-electron chi connectivity index (χ3n) is 3.44. The fourth-order valence-electron chi connectivity index (χ4n) is 2.21. The molecule has 0 fully saturated rings. The van der Waals surface area contributed by atoms with Gasteiger partial charge in [-0.15, -0.1) is 11.3 Å². The zero-order valence-electron chi connectivity index (χ0n) is 12.9. The molecule has 120 valence electrons. The maximum atomic E-state index is 13.8. The third kappa shape index (κ3) is 3.94. The normalized spacial score (nSPS) is 11.3. The lowest BCUT2D eigenvalue weighted by molar-refractivity contribution is 0.605. The predicted octanol–water partition coefficient (Wildman–Crippen LogP) is 4.48. The van der Waals surface area contributed by atoms with Crippen LogP contribution in [0.1, 0.15) is 16.1 Å². The molecule has 5 heteroatoms. The molecule has 0 atom stereocenters. The van der Waals surface area contributed by atoms with Crippen molar-refractivity contribution in [1.29, 1.82) is 5.41 Å². The zero-order chi connectivity index (χ0) is 16.8. The van der Waals surface area contributed by atoms with Crippen LogP contribution >= 0.6 is 11.3 Å². The molecule has 3 aromatic rings. The standard InChI is InChI=1S/C19H16FN3S/c20-15-7-2-1-6-14(15)13-23-18(19-9-5-11-24-19)12-16(21)17-8-3-4-10-22-17/h1-12,21,23H,13H2/b18-12-,21-16?. The number of thiophene rings is 1. The summed E-state index contributed by atoms with van der Waals surface area (Å²) in [7, 11) is 0. The first-order valence-corrected chi connectivity index (χ1v) is 8.35. The van der Waals surface area contributed by atoms with E-state index < -0.39 is 0 Å². The number of aromatic nitrogens is 1. The molecular weight excluding hydrogens is 321 g/mol. The summed E-state index contributed by atoms with van der Waals surface area (Å²) in [5.41, 5.74) is 2.27. The Hall–Kier alpha value is -2.79. The Balaban J connectivity index is 1.83. The van der Waals surface area contributed by atoms with Gasteiger partial charge in [0, 0.05) is 18.3 Å². The third-order valence-corrected chi connectivity index (χ3v) is 4.35. The first kappa shape index (κ1) is 16.1. The molecular formula is C19H16FN3S. The van der Waals surface area contributed by atoms with E-state index in [4.69, 9.17) is 5.41 Å². The van der Waals surface area contributed by atoms with Gasteiger partial charge in [0.15, 0.2) is 0 Å². The summed E-state index contributed by atoms with van der Waals surface area (Å²) in [6.07, 6.45) is 3.39. The highest BCUT2D eigenvalue weighted by Crippen LogP contribution is 2.19. The van der Waals surface area contributed by atoms with E-state index in [2.05, 4.69) is 10.3 Å². The van der Waals surface area contributed by atoms with Gasteiger partial charge in [0.25, 0.3) is 0 Å². The zero-order valence-corrected chi connectivity index (χ0v) is 13.7. The second-order valence-electron chi connectivity index (χ2n) is 5.11. The van der Waals surface area contributed by atoms with Crippen LogP contribution in [0.5, 0.6) is 0 Å². The van der Waals surface area contributed by atoms with Gasteiger partial charge in [-0.2, -0.15) is 0 Å². The molecule has 2 aromatic heterocycles. The minimum absolute atomic E-state index is 0.240. The lowest BCUT2D eigenvalue weighted by Gasteiger charge is -2.11. The van der Waals surface area contributed by atoms with Gasteiger partial charge in [0.05, 0.1) is 22.0 Å². The minimum Gasteiger partial charge on any atom is -0.380 e. The van der Waals surface area contributed by atoms with Gasteiger partial charge in [0.1, 0.15) is 5.82 Å². The number of nitrogens with zero attached hydrogens (tertiary/aromatic N) is 1. The molecule has 0 amide bonds. The van der Waals surface area contributed by atoms with Gasteiger partial charge in [-0.1, -0.05) is 30.3 Å². The molecule has 0 radical (unpaired) electrons. The van der Waals surface area contributed by atoms with E-state index in [1.54, 1.807) is 41.8 Å². The topological polar surface area (TPSA) is 48.8 Å². The van der Waals surface area contributed by atoms with Crippen molar-refractivity contribution in [2.24, 2.45) is 0 Å². The van der Waals surface area contributed by atoms with Crippen molar-refractivity contribution in [2.45, 2.75) is 6.54 Å². The van der Waals surface area contributed by atoms with E-state index in [0.29, 0.717) is 23.5 Å². The average molecular weight is 337 g/mol. The van der Waals surface area contributed by atoms with Gasteiger partial charge >= 0.3 is 0 Å². The number of hydrogen-bond donors (Lipinski definition) is 2. The van der Waals surface area contributed by atoms with Crippen molar-refractivity contribution in [3.63, 3.8) is 0 Å². The predicted molar refractivity (Wildman–Crippen MR) is 96.6 cm³/mol. The van der Waals surface area contributed by atoms with Crippen molar-refractivity contribution in [2.75, 3.05) is 0 Å². The molecule has 1 aromatic carbocycles. The van der Waals surface area contributed by atoms with E-state index in [0.717, 1.165) is 10.6 Å². The molecule has 0 saturated heterocycles. The molecule has 0 bridgehead atoms. The summed E-state index contributed by atoms with van der Waals surface area (Å²) >= 11 is 1.57. The van der Waals surface area contributed by atoms with Crippen LogP contribution < -0.4 is 5.32 Å². The van der Waals surface area contributed by atoms with Gasteiger partial charge in [-0.3, -0.25) is 10.4 Å². The monoisotopic (exact) mass is 337 g/mol. The Morgan fingerprint density at radius 3 is 2.67 bits per heavy atom. The fourth-order valence-corrected chi connectivity index (χ4v) is 2.93. The molecule has 3 nitrogen and oxygen atoms in total. The highest BCUT2D eigenvalue weighted by atomic mass is 32.1. The first-order valence-electron chi connectivity index (χ1n) is 7.47. The number of halogens is 1. The smallest absolute Gasteiger partial charge is 0.128 e. The van der Waals surface area contributed by atoms with E-state index in [9.17, 15) is 4.39 Å². The summed E-state index contributed by atoms with van der Waals surface area (Å²) in [6, 6.07) is 16.1. The maximum absolute atomic E-state index is 13.8. The van der Waals surface area contributed by atoms with E-state index >= 15 is 0 Å². The van der Waals surface area contributed by atoms with E-state index in [1.807, 2.05) is 35.7 Å². The van der Waals surface area contributed by atoms with Crippen molar-refractivity contribution in [1.82, 2.24) is 10.3 Å². The van der Waals surface area contributed by atoms with Crippen LogP contribution in [0.4, 0.5) is 4.39 Å². The second kappa shape index (κ2) is 7.66. The molecule has 2 heterocycles. The Morgan fingerprint density at radius 2 is 1.96 bits per heavy atom. The van der Waals surface area contributed by atoms with E-state index in [-0.39, 0.29) is 5.82 Å². The highest BCUT2D eigenvalue weighted by molar-refractivity contribution is 7.11. The fraction of sp³-hybridized carbons (Fsp3) is 0.0526. The Labute approximate surface area is 144 Å². The average Bonchev–Trinajstić information content (AvgIpc) is 3.15. The van der Waals surface area contributed by atoms with Crippen molar-refractivity contribution >= 4 is 22.7 Å². The van der Waals surface area contributed by atoms with Gasteiger partial charge in [-0.05, 0) is 35.7 Å². The van der Waals surface area contributed by atoms with Crippen LogP contribution in [0.25, 0.3) is 5.70 Å². The number of pyridine rings is 1. The van der Waals surface area contributed by atoms with E-state index in [1.165, 1.54) is 6.07 Å². The Kier molecular flexibility index (Phi) is 5.13. The molecule has 0 spiro atoms. The SMILES string of the molecule is N=C(/C=C(\NCc1ccccc1F)c1cccs1)c1ccccn1. The first-order chi connectivity index (χ1) is 11.7. The van der Waals surface area contributed by atoms with Gasteiger partial charge < -0.3 is 5.32 Å². The second-order valence-corrected chi connectivity index (χ2v) is 6.06. The van der Waals surface area contributed by atoms with Crippen molar-refractivity contribution in [3.8, 4) is 0 Å². The maximum Gasteiger partial charge on any atom is 0.128 e. The quantitative estimate of drug-likeness (QED) is 0.652. The number of nitrogens with one attached hydrogen (secondary N) is 2. The lowest BCUT2D eigenvalue weighted by Crippen LogP contribution is -2.14. The van der Waals surface area contributed by atoms with Crippen LogP contribution in [0, 0.1) is 11.2 Å². The van der Waals surface area contributed by atoms with Crippen LogP contribution in [0.15, 0.2) is 72.3 Å². The Morgan fingerprint density at radius 1 is 1.12 bits per heavy atom. The molecule has 0 unspecified atom stereocenters. The van der Waals surface area contributed by atoms with Gasteiger partial charge in [-0.25, -0.2) is 4.39 Å². The summed E-state index contributed by atoms with van der Waals surface area (Å²) < 4.78 is 13.8. The lowest BCUT2D eigenvalue weighted by atomic mass is 10.1. The molecule has 0 aliphatic rings. The summed E-state index contributed by atoms with van der Waals surface area (Å²) in [5.74, 6) is -0.240. The van der Waals surface area contributed by atoms with Crippen LogP contribution in [-0.4, -0.2) is 10.7 Å². The summed E-state index contributed by atoms with van der Waals surface area (Å²) in [4.78, 5) is 5.18. The highest BCUT2D eigenvalue weighted by Gasteiger charge is 2.08. The number of hydrogen-bond acceptors (Lipinski definition) is 4. The summed E-state index contributed by atoms with van der Waals surface area (Å²) in [6.45, 7) is 0.353. The van der Waals surface area contributed by atoms with Crippen LogP contribution in [0.3, 0.4) is 0 Å². The molecule has 2 N–H and O–H groups in total. The molecule has 0 aliphatic heterocycles. The largest absolute Gasteiger partial charge is 0.380 e. The van der Waals surface area contributed by atoms with Crippen molar-refractivity contribution < 1.29 is 4.39 Å². The molecule has 0 aliphatic carbocycles. The number of allylic oxidation sites excluding steroid dienone is 1. The van der Waals surface area contributed by atoms with Gasteiger partial charge in [0.2, 0.25) is 0 Å². The summed E-state index contributed by atoms with van der Waals surface area (Å²) in [5, 5.41) is 13.5. The molecule has 3 rings (SSSR count).